The molecule has 0 aromatic heterocycles. The van der Waals surface area contributed by atoms with Gasteiger partial charge in [-0.3, -0.25) is 0 Å². The molecule has 1 rings (SSSR count). The van der Waals surface area contributed by atoms with Gasteiger partial charge in [0.25, 0.3) is 0 Å². The summed E-state index contributed by atoms with van der Waals surface area (Å²) in [5, 5.41) is 19.0. The molecule has 0 saturated heterocycles. The van der Waals surface area contributed by atoms with Gasteiger partial charge in [0.1, 0.15) is 6.29 Å². The molecule has 0 heterocycles. The predicted molar refractivity (Wildman–Crippen MR) is 45.9 cm³/mol. The largest absolute Gasteiger partial charge is 0.501 e. The van der Waals surface area contributed by atoms with Crippen LogP contribution in [0, 0.1) is 5.92 Å². The number of carbonyl (C=O) groups excluding carboxylic acids is 1. The third kappa shape index (κ3) is 2.29. The maximum absolute atomic E-state index is 10.2. The number of aliphatic hydroxyl groups excluding tert-OH is 2. The van der Waals surface area contributed by atoms with Crippen molar-refractivity contribution in [2.45, 2.75) is 25.0 Å². The smallest absolute Gasteiger partial charge is 0.120 e. The van der Waals surface area contributed by atoms with Crippen LogP contribution in [0.25, 0.3) is 0 Å². The summed E-state index contributed by atoms with van der Waals surface area (Å²) in [5.41, 5.74) is 0. The monoisotopic (exact) mass is 186 g/mol. The van der Waals surface area contributed by atoms with Crippen LogP contribution in [0.1, 0.15) is 12.8 Å². The van der Waals surface area contributed by atoms with Gasteiger partial charge in [0.2, 0.25) is 0 Å². The summed E-state index contributed by atoms with van der Waals surface area (Å²) in [6.07, 6.45) is 1.31. The van der Waals surface area contributed by atoms with E-state index < -0.39 is 18.1 Å². The van der Waals surface area contributed by atoms with Gasteiger partial charge in [-0.1, -0.05) is 0 Å². The van der Waals surface area contributed by atoms with E-state index in [1.807, 2.05) is 0 Å². The van der Waals surface area contributed by atoms with E-state index in [0.29, 0.717) is 18.5 Å². The molecule has 3 atom stereocenters. The van der Waals surface area contributed by atoms with Crippen molar-refractivity contribution in [2.75, 3.05) is 7.11 Å². The van der Waals surface area contributed by atoms with Gasteiger partial charge in [0, 0.05) is 18.8 Å². The Morgan fingerprint density at radius 3 is 2.85 bits per heavy atom. The lowest BCUT2D eigenvalue weighted by atomic mass is 9.86. The topological polar surface area (TPSA) is 66.8 Å². The third-order valence-corrected chi connectivity index (χ3v) is 2.33. The summed E-state index contributed by atoms with van der Waals surface area (Å²) >= 11 is 0. The van der Waals surface area contributed by atoms with Gasteiger partial charge in [-0.25, -0.2) is 0 Å². The fraction of sp³-hybridized carbons (Fsp3) is 0.667. The summed E-state index contributed by atoms with van der Waals surface area (Å²) in [6.45, 7) is 0. The van der Waals surface area contributed by atoms with Crippen LogP contribution < -0.4 is 0 Å². The van der Waals surface area contributed by atoms with Crippen LogP contribution >= 0.6 is 0 Å². The van der Waals surface area contributed by atoms with Crippen LogP contribution in [0.2, 0.25) is 0 Å². The Labute approximate surface area is 76.8 Å². The molecule has 74 valence electrons. The van der Waals surface area contributed by atoms with E-state index in [1.54, 1.807) is 6.08 Å². The molecule has 0 aliphatic heterocycles. The summed E-state index contributed by atoms with van der Waals surface area (Å²) < 4.78 is 4.91. The average molecular weight is 186 g/mol. The molecule has 0 aromatic rings. The van der Waals surface area contributed by atoms with Crippen molar-refractivity contribution in [1.82, 2.24) is 0 Å². The Morgan fingerprint density at radius 2 is 2.38 bits per heavy atom. The van der Waals surface area contributed by atoms with Gasteiger partial charge >= 0.3 is 0 Å². The first-order valence-electron chi connectivity index (χ1n) is 4.23. The third-order valence-electron chi connectivity index (χ3n) is 2.33. The van der Waals surface area contributed by atoms with E-state index in [9.17, 15) is 15.0 Å². The number of carbonyl (C=O) groups is 1. The fourth-order valence-electron chi connectivity index (χ4n) is 1.53. The standard InChI is InChI=1S/C9H14O4/c1-13-6-4-8(11)7(2-3-10)9(12)5-6/h3-4,7-9,11-12H,2,5H2,1H3. The van der Waals surface area contributed by atoms with Crippen molar-refractivity contribution in [3.8, 4) is 0 Å². The van der Waals surface area contributed by atoms with Crippen molar-refractivity contribution in [2.24, 2.45) is 5.92 Å². The van der Waals surface area contributed by atoms with Crippen LogP contribution in [0.3, 0.4) is 0 Å². The highest BCUT2D eigenvalue weighted by molar-refractivity contribution is 5.50. The molecule has 0 radical (unpaired) electrons. The van der Waals surface area contributed by atoms with E-state index in [0.717, 1.165) is 0 Å². The Morgan fingerprint density at radius 1 is 1.69 bits per heavy atom. The number of hydrogen-bond acceptors (Lipinski definition) is 4. The van der Waals surface area contributed by atoms with E-state index in [2.05, 4.69) is 0 Å². The molecule has 13 heavy (non-hydrogen) atoms. The second kappa shape index (κ2) is 4.39. The molecule has 0 amide bonds. The highest BCUT2D eigenvalue weighted by Gasteiger charge is 2.30. The van der Waals surface area contributed by atoms with Crippen molar-refractivity contribution in [3.05, 3.63) is 11.8 Å². The van der Waals surface area contributed by atoms with Crippen LogP contribution in [0.15, 0.2) is 11.8 Å². The van der Waals surface area contributed by atoms with Gasteiger partial charge in [-0.2, -0.15) is 0 Å². The van der Waals surface area contributed by atoms with Gasteiger partial charge in [-0.05, 0) is 6.08 Å². The molecular weight excluding hydrogens is 172 g/mol. The quantitative estimate of drug-likeness (QED) is 0.601. The summed E-state index contributed by atoms with van der Waals surface area (Å²) in [5.74, 6) is 0.179. The minimum Gasteiger partial charge on any atom is -0.501 e. The Balaban J connectivity index is 2.69. The summed E-state index contributed by atoms with van der Waals surface area (Å²) in [7, 11) is 1.49. The lowest BCUT2D eigenvalue weighted by Crippen LogP contribution is -2.35. The predicted octanol–water partition coefficient (Wildman–Crippen LogP) is -0.153. The number of rotatable bonds is 3. The molecule has 1 aliphatic carbocycles. The normalized spacial score (nSPS) is 33.8. The van der Waals surface area contributed by atoms with E-state index in [1.165, 1.54) is 7.11 Å². The number of aliphatic hydroxyl groups is 2. The number of methoxy groups -OCH3 is 1. The molecule has 0 fully saturated rings. The highest BCUT2D eigenvalue weighted by atomic mass is 16.5. The second-order valence-electron chi connectivity index (χ2n) is 3.17. The van der Waals surface area contributed by atoms with Crippen LogP contribution in [0.4, 0.5) is 0 Å². The first kappa shape index (κ1) is 10.2. The zero-order valence-electron chi connectivity index (χ0n) is 7.51. The molecular formula is C9H14O4. The van der Waals surface area contributed by atoms with Crippen molar-refractivity contribution in [3.63, 3.8) is 0 Å². The van der Waals surface area contributed by atoms with Gasteiger partial charge in [0.05, 0.1) is 25.1 Å². The summed E-state index contributed by atoms with van der Waals surface area (Å²) in [4.78, 5) is 10.2. The van der Waals surface area contributed by atoms with Gasteiger partial charge < -0.3 is 19.7 Å². The minimum absolute atomic E-state index is 0.176. The molecule has 3 unspecified atom stereocenters. The molecule has 1 aliphatic rings. The number of hydrogen-bond donors (Lipinski definition) is 2. The second-order valence-corrected chi connectivity index (χ2v) is 3.17. The zero-order chi connectivity index (χ0) is 9.84. The fourth-order valence-corrected chi connectivity index (χ4v) is 1.53. The van der Waals surface area contributed by atoms with Crippen LogP contribution in [-0.4, -0.2) is 35.8 Å². The van der Waals surface area contributed by atoms with E-state index in [4.69, 9.17) is 4.74 Å². The van der Waals surface area contributed by atoms with Crippen LogP contribution in [0.5, 0.6) is 0 Å². The van der Waals surface area contributed by atoms with Crippen molar-refractivity contribution in [1.29, 1.82) is 0 Å². The molecule has 0 saturated carbocycles. The Hall–Kier alpha value is -0.870. The molecule has 2 N–H and O–H groups in total. The van der Waals surface area contributed by atoms with Gasteiger partial charge in [-0.15, -0.1) is 0 Å². The van der Waals surface area contributed by atoms with Crippen molar-refractivity contribution < 1.29 is 19.7 Å². The molecule has 0 aromatic carbocycles. The zero-order valence-corrected chi connectivity index (χ0v) is 7.51. The molecule has 4 nitrogen and oxygen atoms in total. The average Bonchev–Trinajstić information content (AvgIpc) is 2.11. The lowest BCUT2D eigenvalue weighted by Gasteiger charge is -2.29. The first-order valence-corrected chi connectivity index (χ1v) is 4.23. The maximum atomic E-state index is 10.2. The number of aldehydes is 1. The SMILES string of the molecule is COC1=CC(O)C(CC=O)C(O)C1. The molecule has 0 spiro atoms. The maximum Gasteiger partial charge on any atom is 0.120 e. The van der Waals surface area contributed by atoms with Crippen LogP contribution in [-0.2, 0) is 9.53 Å². The lowest BCUT2D eigenvalue weighted by molar-refractivity contribution is -0.111. The highest BCUT2D eigenvalue weighted by Crippen LogP contribution is 2.26. The first-order chi connectivity index (χ1) is 6.19. The van der Waals surface area contributed by atoms with E-state index >= 15 is 0 Å². The Bertz CT molecular complexity index is 212. The molecule has 4 heteroatoms. The minimum atomic E-state index is -0.788. The summed E-state index contributed by atoms with van der Waals surface area (Å²) in [6, 6.07) is 0. The molecule has 0 bridgehead atoms. The van der Waals surface area contributed by atoms with E-state index in [-0.39, 0.29) is 6.42 Å². The van der Waals surface area contributed by atoms with Crippen molar-refractivity contribution >= 4 is 6.29 Å². The van der Waals surface area contributed by atoms with Gasteiger partial charge in [0.15, 0.2) is 0 Å². The number of ether oxygens (including phenoxy) is 1. The Kier molecular flexibility index (Phi) is 3.45.